The first-order valence-corrected chi connectivity index (χ1v) is 9.88. The van der Waals surface area contributed by atoms with Crippen molar-refractivity contribution in [2.45, 2.75) is 51.2 Å². The van der Waals surface area contributed by atoms with Gasteiger partial charge in [0.25, 0.3) is 5.56 Å². The van der Waals surface area contributed by atoms with Crippen LogP contribution in [0.4, 0.5) is 5.95 Å². The van der Waals surface area contributed by atoms with Crippen molar-refractivity contribution in [3.05, 3.63) is 39.8 Å². The highest BCUT2D eigenvalue weighted by Gasteiger charge is 2.28. The summed E-state index contributed by atoms with van der Waals surface area (Å²) in [6.45, 7) is 2.92. The van der Waals surface area contributed by atoms with Crippen LogP contribution in [0.15, 0.2) is 29.2 Å². The molecule has 1 aromatic carbocycles. The Morgan fingerprint density at radius 2 is 2.15 bits per heavy atom. The van der Waals surface area contributed by atoms with Crippen LogP contribution in [-0.4, -0.2) is 32.3 Å². The van der Waals surface area contributed by atoms with Gasteiger partial charge in [0.05, 0.1) is 6.10 Å². The summed E-state index contributed by atoms with van der Waals surface area (Å²) in [4.78, 5) is 22.4. The molecule has 3 aromatic rings. The van der Waals surface area contributed by atoms with Gasteiger partial charge in [0.1, 0.15) is 5.65 Å². The zero-order valence-corrected chi connectivity index (χ0v) is 16.0. The predicted molar refractivity (Wildman–Crippen MR) is 109 cm³/mol. The molecule has 2 aromatic heterocycles. The molecule has 0 radical (unpaired) electrons. The van der Waals surface area contributed by atoms with E-state index in [-0.39, 0.29) is 17.7 Å². The number of benzene rings is 1. The van der Waals surface area contributed by atoms with E-state index in [9.17, 15) is 9.90 Å². The third-order valence-corrected chi connectivity index (χ3v) is 5.51. The number of hydrogen-bond donors (Lipinski definition) is 2. The molecule has 0 saturated heterocycles. The first kappa shape index (κ1) is 18.2. The summed E-state index contributed by atoms with van der Waals surface area (Å²) in [5.74, 6) is 0.524. The molecule has 0 aliphatic heterocycles. The topological polar surface area (TPSA) is 80.0 Å². The number of unbranched alkanes of at least 4 members (excludes halogenated alkanes) is 1. The van der Waals surface area contributed by atoms with Crippen LogP contribution < -0.4 is 10.9 Å². The van der Waals surface area contributed by atoms with Crippen LogP contribution in [0.3, 0.4) is 0 Å². The second-order valence-electron chi connectivity index (χ2n) is 7.20. The van der Waals surface area contributed by atoms with E-state index >= 15 is 0 Å². The average Bonchev–Trinajstić information content (AvgIpc) is 3.08. The minimum absolute atomic E-state index is 0.0724. The summed E-state index contributed by atoms with van der Waals surface area (Å²) < 4.78 is 1.73. The second kappa shape index (κ2) is 7.44. The van der Waals surface area contributed by atoms with E-state index in [1.165, 1.54) is 0 Å². The highest BCUT2D eigenvalue weighted by atomic mass is 35.5. The van der Waals surface area contributed by atoms with Gasteiger partial charge in [-0.05, 0) is 43.2 Å². The molecular weight excluding hydrogens is 364 g/mol. The van der Waals surface area contributed by atoms with E-state index in [0.717, 1.165) is 36.6 Å². The second-order valence-corrected chi connectivity index (χ2v) is 7.63. The number of aliphatic hydroxyl groups excluding tert-OH is 1. The van der Waals surface area contributed by atoms with Crippen LogP contribution in [0.2, 0.25) is 5.02 Å². The predicted octanol–water partition coefficient (Wildman–Crippen LogP) is 3.90. The Balaban J connectivity index is 1.95. The van der Waals surface area contributed by atoms with Gasteiger partial charge in [0.2, 0.25) is 5.95 Å². The molecule has 1 fully saturated rings. The SMILES string of the molecule is CCCCNc1ncc2c3ccc(Cl)cc3c(=O)n([C@@H]3CC[C@@H](O)C3)c2n1. The Kier molecular flexibility index (Phi) is 5.02. The van der Waals surface area contributed by atoms with Gasteiger partial charge in [-0.1, -0.05) is 31.0 Å². The van der Waals surface area contributed by atoms with E-state index in [1.54, 1.807) is 22.9 Å². The molecule has 2 N–H and O–H groups in total. The number of halogens is 1. The number of aromatic nitrogens is 3. The molecule has 1 saturated carbocycles. The number of pyridine rings is 1. The molecule has 6 nitrogen and oxygen atoms in total. The van der Waals surface area contributed by atoms with Crippen molar-refractivity contribution < 1.29 is 5.11 Å². The molecular formula is C20H23ClN4O2. The van der Waals surface area contributed by atoms with E-state index in [1.807, 2.05) is 6.07 Å². The van der Waals surface area contributed by atoms with Crippen molar-refractivity contribution in [1.82, 2.24) is 14.5 Å². The maximum Gasteiger partial charge on any atom is 0.260 e. The lowest BCUT2D eigenvalue weighted by Gasteiger charge is -2.18. The lowest BCUT2D eigenvalue weighted by molar-refractivity contribution is 0.178. The summed E-state index contributed by atoms with van der Waals surface area (Å²) in [7, 11) is 0. The average molecular weight is 387 g/mol. The number of nitrogens with zero attached hydrogens (tertiary/aromatic N) is 3. The van der Waals surface area contributed by atoms with Gasteiger partial charge in [-0.2, -0.15) is 4.98 Å². The maximum atomic E-state index is 13.3. The van der Waals surface area contributed by atoms with Crippen LogP contribution in [-0.2, 0) is 0 Å². The van der Waals surface area contributed by atoms with E-state index < -0.39 is 0 Å². The van der Waals surface area contributed by atoms with Gasteiger partial charge in [-0.3, -0.25) is 9.36 Å². The van der Waals surface area contributed by atoms with Crippen molar-refractivity contribution in [2.75, 3.05) is 11.9 Å². The lowest BCUT2D eigenvalue weighted by atomic mass is 10.1. The summed E-state index contributed by atoms with van der Waals surface area (Å²) in [5, 5.41) is 15.9. The van der Waals surface area contributed by atoms with Crippen molar-refractivity contribution in [1.29, 1.82) is 0 Å². The molecule has 2 atom stereocenters. The normalized spacial score (nSPS) is 19.8. The molecule has 0 bridgehead atoms. The summed E-state index contributed by atoms with van der Waals surface area (Å²) in [6.07, 6.45) is 5.51. The smallest absolute Gasteiger partial charge is 0.260 e. The fourth-order valence-corrected chi connectivity index (χ4v) is 4.04. The zero-order valence-electron chi connectivity index (χ0n) is 15.3. The standard InChI is InChI=1S/C20H23ClN4O2/c1-2-3-8-22-20-23-11-17-15-7-4-12(21)9-16(15)19(27)25(18(17)24-20)13-5-6-14(26)10-13/h4,7,9,11,13-14,26H,2-3,5-6,8,10H2,1H3,(H,22,23,24)/t13-,14-/m1/s1. The molecule has 1 aliphatic carbocycles. The molecule has 7 heteroatoms. The number of rotatable bonds is 5. The van der Waals surface area contributed by atoms with Gasteiger partial charge in [0, 0.05) is 34.6 Å². The monoisotopic (exact) mass is 386 g/mol. The van der Waals surface area contributed by atoms with Crippen molar-refractivity contribution in [3.63, 3.8) is 0 Å². The lowest BCUT2D eigenvalue weighted by Crippen LogP contribution is -2.26. The molecule has 1 aliphatic rings. The van der Waals surface area contributed by atoms with Gasteiger partial charge >= 0.3 is 0 Å². The van der Waals surface area contributed by atoms with Crippen LogP contribution >= 0.6 is 11.6 Å². The fraction of sp³-hybridized carbons (Fsp3) is 0.450. The fourth-order valence-electron chi connectivity index (χ4n) is 3.87. The van der Waals surface area contributed by atoms with Crippen LogP contribution in [0.5, 0.6) is 0 Å². The quantitative estimate of drug-likeness (QED) is 0.513. The molecule has 27 heavy (non-hydrogen) atoms. The number of nitrogens with one attached hydrogen (secondary N) is 1. The number of hydrogen-bond acceptors (Lipinski definition) is 5. The van der Waals surface area contributed by atoms with Crippen molar-refractivity contribution >= 4 is 39.4 Å². The minimum atomic E-state index is -0.379. The largest absolute Gasteiger partial charge is 0.393 e. The number of anilines is 1. The Morgan fingerprint density at radius 1 is 1.30 bits per heavy atom. The van der Waals surface area contributed by atoms with Crippen LogP contribution in [0.25, 0.3) is 21.8 Å². The van der Waals surface area contributed by atoms with Crippen LogP contribution in [0.1, 0.15) is 45.1 Å². The highest BCUT2D eigenvalue weighted by Crippen LogP contribution is 2.33. The third kappa shape index (κ3) is 3.39. The Morgan fingerprint density at radius 3 is 2.89 bits per heavy atom. The van der Waals surface area contributed by atoms with Gasteiger partial charge in [-0.15, -0.1) is 0 Å². The zero-order chi connectivity index (χ0) is 19.0. The Hall–Kier alpha value is -2.18. The molecule has 142 valence electrons. The number of aliphatic hydroxyl groups is 1. The Bertz CT molecular complexity index is 1050. The number of fused-ring (bicyclic) bond motifs is 3. The minimum Gasteiger partial charge on any atom is -0.393 e. The molecule has 0 unspecified atom stereocenters. The first-order chi connectivity index (χ1) is 13.1. The van der Waals surface area contributed by atoms with E-state index in [2.05, 4.69) is 22.2 Å². The van der Waals surface area contributed by atoms with Crippen LogP contribution in [0, 0.1) is 0 Å². The molecule has 0 spiro atoms. The van der Waals surface area contributed by atoms with Gasteiger partial charge < -0.3 is 10.4 Å². The first-order valence-electron chi connectivity index (χ1n) is 9.51. The van der Waals surface area contributed by atoms with E-state index in [4.69, 9.17) is 11.6 Å². The van der Waals surface area contributed by atoms with Crippen molar-refractivity contribution in [2.24, 2.45) is 0 Å². The maximum absolute atomic E-state index is 13.3. The summed E-state index contributed by atoms with van der Waals surface area (Å²) in [6, 6.07) is 5.26. The van der Waals surface area contributed by atoms with Crippen molar-refractivity contribution in [3.8, 4) is 0 Å². The Labute approximate surface area is 162 Å². The molecule has 4 rings (SSSR count). The third-order valence-electron chi connectivity index (χ3n) is 5.27. The molecule has 2 heterocycles. The molecule has 0 amide bonds. The van der Waals surface area contributed by atoms with Gasteiger partial charge in [0.15, 0.2) is 0 Å². The summed E-state index contributed by atoms with van der Waals surface area (Å²) >= 11 is 6.14. The van der Waals surface area contributed by atoms with Gasteiger partial charge in [-0.25, -0.2) is 4.98 Å². The highest BCUT2D eigenvalue weighted by molar-refractivity contribution is 6.31. The summed E-state index contributed by atoms with van der Waals surface area (Å²) in [5.41, 5.74) is 0.500. The van der Waals surface area contributed by atoms with E-state index in [0.29, 0.717) is 34.8 Å².